The first-order valence-electron chi connectivity index (χ1n) is 11.8. The maximum atomic E-state index is 6.49. The standard InChI is InChI=1S/C26H41NO3/c1-20(2)29-18-22-9-11-24(12-10-22)25-13-14-27-17-26(25)30-19-23-7-4-6-21(16-23)8-5-15-28-3/h7,9-12,20-21,25-27H,4-6,8,13-19H2,1-3H3. The molecular weight excluding hydrogens is 374 g/mol. The van der Waals surface area contributed by atoms with Gasteiger partial charge in [-0.1, -0.05) is 30.3 Å². The van der Waals surface area contributed by atoms with E-state index in [0.717, 1.165) is 38.6 Å². The fourth-order valence-corrected chi connectivity index (χ4v) is 4.68. The van der Waals surface area contributed by atoms with Gasteiger partial charge in [0, 0.05) is 26.2 Å². The van der Waals surface area contributed by atoms with Gasteiger partial charge in [0.05, 0.1) is 25.4 Å². The normalized spacial score (nSPS) is 24.8. The molecule has 168 valence electrons. The summed E-state index contributed by atoms with van der Waals surface area (Å²) in [5.74, 6) is 1.26. The summed E-state index contributed by atoms with van der Waals surface area (Å²) < 4.78 is 17.4. The van der Waals surface area contributed by atoms with Crippen molar-refractivity contribution < 1.29 is 14.2 Å². The third-order valence-electron chi connectivity index (χ3n) is 6.42. The van der Waals surface area contributed by atoms with Crippen LogP contribution in [0.4, 0.5) is 0 Å². The highest BCUT2D eigenvalue weighted by atomic mass is 16.5. The van der Waals surface area contributed by atoms with Crippen molar-refractivity contribution in [2.24, 2.45) is 5.92 Å². The van der Waals surface area contributed by atoms with Crippen LogP contribution in [0.15, 0.2) is 35.9 Å². The Hall–Kier alpha value is -1.20. The zero-order chi connectivity index (χ0) is 21.2. The first kappa shape index (κ1) is 23.5. The molecule has 2 aliphatic rings. The Morgan fingerprint density at radius 2 is 1.93 bits per heavy atom. The molecule has 1 aliphatic carbocycles. The lowest BCUT2D eigenvalue weighted by atomic mass is 9.85. The Kier molecular flexibility index (Phi) is 9.86. The van der Waals surface area contributed by atoms with E-state index >= 15 is 0 Å². The van der Waals surface area contributed by atoms with E-state index in [9.17, 15) is 0 Å². The Labute approximate surface area is 183 Å². The minimum absolute atomic E-state index is 0.242. The molecule has 3 unspecified atom stereocenters. The Bertz CT molecular complexity index is 640. The molecule has 3 atom stereocenters. The van der Waals surface area contributed by atoms with Gasteiger partial charge in [0.1, 0.15) is 0 Å². The third kappa shape index (κ3) is 7.49. The van der Waals surface area contributed by atoms with E-state index in [4.69, 9.17) is 14.2 Å². The van der Waals surface area contributed by atoms with Crippen LogP contribution in [0.1, 0.15) is 69.4 Å². The first-order chi connectivity index (χ1) is 14.7. The molecule has 1 aliphatic heterocycles. The topological polar surface area (TPSA) is 39.7 Å². The summed E-state index contributed by atoms with van der Waals surface area (Å²) in [6.45, 7) is 8.50. The lowest BCUT2D eigenvalue weighted by molar-refractivity contribution is 0.0330. The molecule has 0 saturated carbocycles. The largest absolute Gasteiger partial charge is 0.385 e. The minimum Gasteiger partial charge on any atom is -0.385 e. The van der Waals surface area contributed by atoms with Gasteiger partial charge in [-0.05, 0) is 81.5 Å². The molecule has 30 heavy (non-hydrogen) atoms. The summed E-state index contributed by atoms with van der Waals surface area (Å²) in [7, 11) is 1.79. The summed E-state index contributed by atoms with van der Waals surface area (Å²) in [6, 6.07) is 8.98. The number of benzene rings is 1. The van der Waals surface area contributed by atoms with Gasteiger partial charge in [-0.25, -0.2) is 0 Å². The number of hydrogen-bond acceptors (Lipinski definition) is 4. The number of rotatable bonds is 11. The highest BCUT2D eigenvalue weighted by molar-refractivity contribution is 5.26. The molecule has 0 bridgehead atoms. The van der Waals surface area contributed by atoms with Crippen LogP contribution in [0.3, 0.4) is 0 Å². The summed E-state index contributed by atoms with van der Waals surface area (Å²) in [6.07, 6.45) is 10.2. The fourth-order valence-electron chi connectivity index (χ4n) is 4.68. The second kappa shape index (κ2) is 12.6. The molecule has 4 nitrogen and oxygen atoms in total. The zero-order valence-corrected chi connectivity index (χ0v) is 19.2. The van der Waals surface area contributed by atoms with Gasteiger partial charge in [-0.2, -0.15) is 0 Å². The lowest BCUT2D eigenvalue weighted by Crippen LogP contribution is -2.41. The van der Waals surface area contributed by atoms with Crippen molar-refractivity contribution in [2.45, 2.75) is 77.1 Å². The van der Waals surface area contributed by atoms with Crippen LogP contribution in [0.5, 0.6) is 0 Å². The zero-order valence-electron chi connectivity index (χ0n) is 19.2. The van der Waals surface area contributed by atoms with Crippen LogP contribution < -0.4 is 5.32 Å². The number of piperidine rings is 1. The van der Waals surface area contributed by atoms with E-state index in [2.05, 4.69) is 49.5 Å². The second-order valence-corrected chi connectivity index (χ2v) is 9.19. The summed E-state index contributed by atoms with van der Waals surface area (Å²) in [5.41, 5.74) is 4.13. The van der Waals surface area contributed by atoms with Gasteiger partial charge in [0.15, 0.2) is 0 Å². The SMILES string of the molecule is COCCCC1CCC=C(COC2CNCCC2c2ccc(COC(C)C)cc2)C1. The lowest BCUT2D eigenvalue weighted by Gasteiger charge is -2.33. The van der Waals surface area contributed by atoms with Gasteiger partial charge in [0.25, 0.3) is 0 Å². The van der Waals surface area contributed by atoms with Crippen molar-refractivity contribution in [1.82, 2.24) is 5.32 Å². The van der Waals surface area contributed by atoms with Crippen molar-refractivity contribution in [3.8, 4) is 0 Å². The van der Waals surface area contributed by atoms with Gasteiger partial charge < -0.3 is 19.5 Å². The second-order valence-electron chi connectivity index (χ2n) is 9.19. The number of nitrogens with one attached hydrogen (secondary N) is 1. The molecule has 1 aromatic carbocycles. The van der Waals surface area contributed by atoms with E-state index in [0.29, 0.717) is 12.5 Å². The number of allylic oxidation sites excluding steroid dienone is 1. The third-order valence-corrected chi connectivity index (χ3v) is 6.42. The molecular formula is C26H41NO3. The molecule has 0 amide bonds. The molecule has 1 fully saturated rings. The number of hydrogen-bond donors (Lipinski definition) is 1. The van der Waals surface area contributed by atoms with Crippen LogP contribution in [0, 0.1) is 5.92 Å². The Balaban J connectivity index is 1.51. The molecule has 0 aromatic heterocycles. The van der Waals surface area contributed by atoms with E-state index in [1.165, 1.54) is 48.8 Å². The maximum absolute atomic E-state index is 6.49. The minimum atomic E-state index is 0.242. The maximum Gasteiger partial charge on any atom is 0.0772 e. The predicted octanol–water partition coefficient (Wildman–Crippen LogP) is 5.23. The summed E-state index contributed by atoms with van der Waals surface area (Å²) >= 11 is 0. The molecule has 1 N–H and O–H groups in total. The monoisotopic (exact) mass is 415 g/mol. The van der Waals surface area contributed by atoms with Gasteiger partial charge >= 0.3 is 0 Å². The average molecular weight is 416 g/mol. The molecule has 1 heterocycles. The summed E-state index contributed by atoms with van der Waals surface area (Å²) in [4.78, 5) is 0. The number of ether oxygens (including phenoxy) is 3. The van der Waals surface area contributed by atoms with Crippen molar-refractivity contribution >= 4 is 0 Å². The van der Waals surface area contributed by atoms with Gasteiger partial charge in [0.2, 0.25) is 0 Å². The smallest absolute Gasteiger partial charge is 0.0772 e. The predicted molar refractivity (Wildman–Crippen MR) is 123 cm³/mol. The van der Waals surface area contributed by atoms with Crippen molar-refractivity contribution in [3.05, 3.63) is 47.0 Å². The van der Waals surface area contributed by atoms with Crippen LogP contribution in [0.2, 0.25) is 0 Å². The van der Waals surface area contributed by atoms with Crippen LogP contribution in [0.25, 0.3) is 0 Å². The fraction of sp³-hybridized carbons (Fsp3) is 0.692. The van der Waals surface area contributed by atoms with Crippen molar-refractivity contribution in [2.75, 3.05) is 33.4 Å². The van der Waals surface area contributed by atoms with E-state index in [1.54, 1.807) is 7.11 Å². The molecule has 0 radical (unpaired) electrons. The van der Waals surface area contributed by atoms with Crippen LogP contribution in [-0.4, -0.2) is 45.6 Å². The van der Waals surface area contributed by atoms with Crippen molar-refractivity contribution in [1.29, 1.82) is 0 Å². The molecule has 1 aromatic rings. The van der Waals surface area contributed by atoms with Gasteiger partial charge in [-0.15, -0.1) is 0 Å². The highest BCUT2D eigenvalue weighted by Crippen LogP contribution is 2.31. The number of methoxy groups -OCH3 is 1. The average Bonchev–Trinajstić information content (AvgIpc) is 2.77. The highest BCUT2D eigenvalue weighted by Gasteiger charge is 2.28. The Morgan fingerprint density at radius 1 is 1.10 bits per heavy atom. The Morgan fingerprint density at radius 3 is 2.70 bits per heavy atom. The molecule has 3 rings (SSSR count). The summed E-state index contributed by atoms with van der Waals surface area (Å²) in [5, 5.41) is 3.53. The van der Waals surface area contributed by atoms with Crippen LogP contribution in [-0.2, 0) is 20.8 Å². The van der Waals surface area contributed by atoms with Crippen LogP contribution >= 0.6 is 0 Å². The van der Waals surface area contributed by atoms with Gasteiger partial charge in [-0.3, -0.25) is 0 Å². The molecule has 1 saturated heterocycles. The van der Waals surface area contributed by atoms with E-state index < -0.39 is 0 Å². The van der Waals surface area contributed by atoms with E-state index in [-0.39, 0.29) is 12.2 Å². The van der Waals surface area contributed by atoms with E-state index in [1.807, 2.05) is 0 Å². The van der Waals surface area contributed by atoms with Crippen molar-refractivity contribution in [3.63, 3.8) is 0 Å². The molecule has 4 heteroatoms. The first-order valence-corrected chi connectivity index (χ1v) is 11.8. The quantitative estimate of drug-likeness (QED) is 0.397. The molecule has 0 spiro atoms.